The summed E-state index contributed by atoms with van der Waals surface area (Å²) in [6, 6.07) is 9.74. The molecule has 0 aliphatic rings. The molecule has 0 aliphatic carbocycles. The van der Waals surface area contributed by atoms with Gasteiger partial charge >= 0.3 is 6.09 Å². The van der Waals surface area contributed by atoms with Gasteiger partial charge in [-0.3, -0.25) is 14.7 Å². The first-order valence-corrected chi connectivity index (χ1v) is 9.01. The summed E-state index contributed by atoms with van der Waals surface area (Å²) in [5, 5.41) is 8.73. The van der Waals surface area contributed by atoms with Gasteiger partial charge in [0, 0.05) is 12.3 Å². The molecular weight excluding hydrogens is 356 g/mol. The number of nitrogens with two attached hydrogens (primary N) is 1. The van der Waals surface area contributed by atoms with Crippen LogP contribution < -0.4 is 5.73 Å². The number of Topliss-reactive ketones (excluding diaryl/α,β-unsaturated/α-hetero) is 1. The first kappa shape index (κ1) is 22.9. The molecule has 0 spiro atoms. The lowest BCUT2D eigenvalue weighted by Crippen LogP contribution is -2.44. The number of nitrogens with zero attached hydrogens (tertiary/aromatic N) is 3. The second-order valence-corrected chi connectivity index (χ2v) is 7.51. The van der Waals surface area contributed by atoms with E-state index in [4.69, 9.17) is 15.7 Å². The van der Waals surface area contributed by atoms with Crippen molar-refractivity contribution in [1.29, 1.82) is 5.26 Å². The van der Waals surface area contributed by atoms with E-state index in [1.807, 2.05) is 19.9 Å². The Bertz CT molecular complexity index is 771. The molecule has 0 aromatic heterocycles. The summed E-state index contributed by atoms with van der Waals surface area (Å²) in [5.74, 6) is -0.272. The minimum absolute atomic E-state index is 0.0134. The van der Waals surface area contributed by atoms with Gasteiger partial charge in [0.1, 0.15) is 23.4 Å². The molecular formula is C21H28N4O3. The third-order valence-electron chi connectivity index (χ3n) is 3.62. The van der Waals surface area contributed by atoms with Gasteiger partial charge < -0.3 is 10.5 Å². The molecule has 0 radical (unpaired) electrons. The first-order valence-electron chi connectivity index (χ1n) is 9.01. The Morgan fingerprint density at radius 2 is 1.89 bits per heavy atom. The van der Waals surface area contributed by atoms with Crippen molar-refractivity contribution in [1.82, 2.24) is 4.90 Å². The third-order valence-corrected chi connectivity index (χ3v) is 3.62. The van der Waals surface area contributed by atoms with Gasteiger partial charge in [0.2, 0.25) is 0 Å². The van der Waals surface area contributed by atoms with Gasteiger partial charge in [-0.1, -0.05) is 30.3 Å². The van der Waals surface area contributed by atoms with E-state index in [9.17, 15) is 9.59 Å². The molecule has 0 saturated heterocycles. The third kappa shape index (κ3) is 7.62. The summed E-state index contributed by atoms with van der Waals surface area (Å²) in [7, 11) is 0. The highest BCUT2D eigenvalue weighted by Crippen LogP contribution is 2.20. The number of benzene rings is 1. The summed E-state index contributed by atoms with van der Waals surface area (Å²) < 4.78 is 5.41. The van der Waals surface area contributed by atoms with Crippen molar-refractivity contribution in [2.75, 3.05) is 6.54 Å². The van der Waals surface area contributed by atoms with E-state index < -0.39 is 17.7 Å². The van der Waals surface area contributed by atoms with E-state index >= 15 is 0 Å². The maximum Gasteiger partial charge on any atom is 0.410 e. The summed E-state index contributed by atoms with van der Waals surface area (Å²) in [4.78, 5) is 31.1. The van der Waals surface area contributed by atoms with Crippen molar-refractivity contribution in [3.8, 4) is 6.07 Å². The van der Waals surface area contributed by atoms with Crippen LogP contribution in [-0.2, 0) is 9.53 Å². The van der Waals surface area contributed by atoms with Crippen molar-refractivity contribution < 1.29 is 14.3 Å². The van der Waals surface area contributed by atoms with Gasteiger partial charge in [-0.15, -0.1) is 0 Å². The molecule has 0 heterocycles. The van der Waals surface area contributed by atoms with Crippen LogP contribution in [0.5, 0.6) is 0 Å². The monoisotopic (exact) mass is 384 g/mol. The van der Waals surface area contributed by atoms with Crippen LogP contribution in [0.3, 0.4) is 0 Å². The lowest BCUT2D eigenvalue weighted by molar-refractivity contribution is -0.122. The predicted octanol–water partition coefficient (Wildman–Crippen LogP) is 3.38. The molecule has 0 fully saturated rings. The molecule has 1 unspecified atom stereocenters. The zero-order valence-electron chi connectivity index (χ0n) is 17.0. The Morgan fingerprint density at radius 3 is 2.39 bits per heavy atom. The molecule has 28 heavy (non-hydrogen) atoms. The van der Waals surface area contributed by atoms with Gasteiger partial charge in [-0.05, 0) is 46.3 Å². The Hall–Kier alpha value is -3.14. The number of ketones is 1. The number of nitriles is 1. The highest BCUT2D eigenvalue weighted by molar-refractivity contribution is 5.91. The topological polar surface area (TPSA) is 109 Å². The summed E-state index contributed by atoms with van der Waals surface area (Å²) in [6.45, 7) is 8.79. The average molecular weight is 384 g/mol. The largest absolute Gasteiger partial charge is 0.444 e. The molecule has 1 rings (SSSR count). The molecule has 150 valence electrons. The van der Waals surface area contributed by atoms with Crippen molar-refractivity contribution in [3.63, 3.8) is 0 Å². The number of allylic oxidation sites excluding steroid dienone is 2. The average Bonchev–Trinajstić information content (AvgIpc) is 2.61. The fourth-order valence-electron chi connectivity index (χ4n) is 2.27. The van der Waals surface area contributed by atoms with Crippen LogP contribution in [0, 0.1) is 11.3 Å². The zero-order chi connectivity index (χ0) is 21.3. The predicted molar refractivity (Wildman–Crippen MR) is 109 cm³/mol. The maximum absolute atomic E-state index is 13.0. The minimum atomic E-state index is -0.826. The zero-order valence-corrected chi connectivity index (χ0v) is 17.0. The smallest absolute Gasteiger partial charge is 0.410 e. The molecule has 1 amide bonds. The number of carbonyl (C=O) groups is 2. The number of carbonyl (C=O) groups excluding carboxylic acids is 2. The lowest BCUT2D eigenvalue weighted by Gasteiger charge is -2.30. The number of rotatable bonds is 7. The molecule has 0 saturated carbocycles. The van der Waals surface area contributed by atoms with Gasteiger partial charge in [0.05, 0.1) is 6.54 Å². The van der Waals surface area contributed by atoms with Crippen LogP contribution in [0.4, 0.5) is 4.79 Å². The number of hydrogen-bond acceptors (Lipinski definition) is 6. The summed E-state index contributed by atoms with van der Waals surface area (Å²) in [5.41, 5.74) is 5.45. The van der Waals surface area contributed by atoms with Crippen LogP contribution in [0.1, 0.15) is 46.2 Å². The van der Waals surface area contributed by atoms with Gasteiger partial charge in [0.25, 0.3) is 0 Å². The number of amides is 1. The van der Waals surface area contributed by atoms with E-state index in [0.717, 1.165) is 0 Å². The van der Waals surface area contributed by atoms with Crippen molar-refractivity contribution in [2.45, 2.75) is 52.3 Å². The second kappa shape index (κ2) is 10.3. The number of hydrogen-bond donors (Lipinski definition) is 1. The van der Waals surface area contributed by atoms with Crippen LogP contribution in [0.25, 0.3) is 0 Å². The number of aliphatic imine (C=N–C) groups is 1. The quantitative estimate of drug-likeness (QED) is 0.572. The van der Waals surface area contributed by atoms with Crippen LogP contribution in [0.15, 0.2) is 47.1 Å². The Kier molecular flexibility index (Phi) is 8.39. The molecule has 1 aromatic rings. The molecule has 1 atom stereocenters. The van der Waals surface area contributed by atoms with E-state index in [-0.39, 0.29) is 24.1 Å². The fourth-order valence-corrected chi connectivity index (χ4v) is 2.27. The highest BCUT2D eigenvalue weighted by atomic mass is 16.6. The summed E-state index contributed by atoms with van der Waals surface area (Å²) >= 11 is 0. The fraction of sp³-hybridized carbons (Fsp3) is 0.429. The van der Waals surface area contributed by atoms with Gasteiger partial charge in [0.15, 0.2) is 5.78 Å². The number of ether oxygens (including phenoxy) is 1. The van der Waals surface area contributed by atoms with Gasteiger partial charge in [-0.25, -0.2) is 4.79 Å². The Balaban J connectivity index is 3.10. The van der Waals surface area contributed by atoms with Crippen LogP contribution >= 0.6 is 0 Å². The molecule has 0 bridgehead atoms. The summed E-state index contributed by atoms with van der Waals surface area (Å²) in [6.07, 6.45) is 2.11. The lowest BCUT2D eigenvalue weighted by atomic mass is 10.0. The molecule has 1 aromatic carbocycles. The highest BCUT2D eigenvalue weighted by Gasteiger charge is 2.29. The Labute approximate surface area is 166 Å². The van der Waals surface area contributed by atoms with Crippen LogP contribution in [-0.4, -0.2) is 41.2 Å². The van der Waals surface area contributed by atoms with Crippen molar-refractivity contribution in [3.05, 3.63) is 47.7 Å². The first-order chi connectivity index (χ1) is 13.0. The van der Waals surface area contributed by atoms with E-state index in [2.05, 4.69) is 4.99 Å². The van der Waals surface area contributed by atoms with E-state index in [1.54, 1.807) is 51.1 Å². The molecule has 0 aliphatic heterocycles. The molecule has 7 nitrogen and oxygen atoms in total. The van der Waals surface area contributed by atoms with Gasteiger partial charge in [-0.2, -0.15) is 5.26 Å². The van der Waals surface area contributed by atoms with Crippen LogP contribution in [0.2, 0.25) is 0 Å². The van der Waals surface area contributed by atoms with E-state index in [1.165, 1.54) is 17.2 Å². The van der Waals surface area contributed by atoms with Crippen molar-refractivity contribution in [2.24, 2.45) is 10.7 Å². The molecule has 2 N–H and O–H groups in total. The minimum Gasteiger partial charge on any atom is -0.444 e. The SMILES string of the molecule is CC(C)N(CC(=O)C(N=CC=C(N)C#N)c1ccccc1)C(=O)OC(C)(C)C. The van der Waals surface area contributed by atoms with Crippen molar-refractivity contribution >= 4 is 18.1 Å². The maximum atomic E-state index is 13.0. The second-order valence-electron chi connectivity index (χ2n) is 7.51. The standard InChI is InChI=1S/C21H28N4O3/c1-15(2)25(20(27)28-21(3,4)5)14-18(26)19(16-9-7-6-8-10-16)24-12-11-17(23)13-22/h6-12,15,19H,14,23H2,1-5H3. The Morgan fingerprint density at radius 1 is 1.29 bits per heavy atom. The van der Waals surface area contributed by atoms with E-state index in [0.29, 0.717) is 5.56 Å². The normalized spacial score (nSPS) is 13.2. The molecule has 7 heteroatoms.